The van der Waals surface area contributed by atoms with Crippen LogP contribution in [0.1, 0.15) is 77.7 Å². The summed E-state index contributed by atoms with van der Waals surface area (Å²) in [6.07, 6.45) is 2.86. The van der Waals surface area contributed by atoms with Gasteiger partial charge in [-0.1, -0.05) is 31.9 Å². The molecule has 4 N–H and O–H groups in total. The van der Waals surface area contributed by atoms with Crippen molar-refractivity contribution in [3.63, 3.8) is 0 Å². The molecule has 1 unspecified atom stereocenters. The predicted octanol–water partition coefficient (Wildman–Crippen LogP) is 1.40. The second-order valence-electron chi connectivity index (χ2n) is 11.2. The number of amides is 4. The summed E-state index contributed by atoms with van der Waals surface area (Å²) in [4.78, 5) is 67.5. The summed E-state index contributed by atoms with van der Waals surface area (Å²) in [5, 5.41) is 17.9. The fraction of sp³-hybridized carbons (Fsp3) is 0.633. The van der Waals surface area contributed by atoms with Crippen molar-refractivity contribution >= 4 is 29.4 Å². The van der Waals surface area contributed by atoms with Crippen molar-refractivity contribution in [2.75, 3.05) is 13.7 Å². The number of nitrogens with one attached hydrogen (secondary N) is 3. The minimum atomic E-state index is -1.31. The lowest BCUT2D eigenvalue weighted by Gasteiger charge is -2.36. The molecule has 11 nitrogen and oxygen atoms in total. The van der Waals surface area contributed by atoms with Gasteiger partial charge >= 0.3 is 0 Å². The van der Waals surface area contributed by atoms with Crippen LogP contribution in [-0.2, 0) is 30.4 Å². The number of Topliss-reactive ketones (excluding diaryl/α,β-unsaturated/α-hetero) is 1. The van der Waals surface area contributed by atoms with E-state index in [1.165, 1.54) is 11.8 Å². The first kappa shape index (κ1) is 32.0. The minimum Gasteiger partial charge on any atom is -0.497 e. The monoisotopic (exact) mass is 572 g/mol. The predicted molar refractivity (Wildman–Crippen MR) is 152 cm³/mol. The number of methoxy groups -OCH3 is 1. The van der Waals surface area contributed by atoms with Gasteiger partial charge in [-0.05, 0) is 63.6 Å². The van der Waals surface area contributed by atoms with Crippen LogP contribution in [0, 0.1) is 0 Å². The van der Waals surface area contributed by atoms with Gasteiger partial charge in [-0.25, -0.2) is 0 Å². The van der Waals surface area contributed by atoms with Crippen LogP contribution in [-0.4, -0.2) is 82.8 Å². The van der Waals surface area contributed by atoms with Crippen LogP contribution in [0.3, 0.4) is 0 Å². The molecule has 2 aliphatic rings. The molecular weight excluding hydrogens is 528 g/mol. The average molecular weight is 573 g/mol. The molecule has 1 aromatic rings. The van der Waals surface area contributed by atoms with Crippen molar-refractivity contribution in [2.45, 2.75) is 108 Å². The van der Waals surface area contributed by atoms with Crippen LogP contribution < -0.4 is 20.7 Å². The van der Waals surface area contributed by atoms with E-state index in [1.54, 1.807) is 33.1 Å². The van der Waals surface area contributed by atoms with Crippen LogP contribution in [0.15, 0.2) is 24.3 Å². The van der Waals surface area contributed by atoms with Crippen molar-refractivity contribution in [1.82, 2.24) is 20.9 Å². The molecule has 2 aliphatic heterocycles. The maximum Gasteiger partial charge on any atom is 0.246 e. The Balaban J connectivity index is 1.82. The third-order valence-electron chi connectivity index (χ3n) is 8.16. The molecule has 0 aliphatic carbocycles. The Morgan fingerprint density at radius 3 is 2.41 bits per heavy atom. The molecule has 0 spiro atoms. The van der Waals surface area contributed by atoms with Gasteiger partial charge in [0.25, 0.3) is 0 Å². The first-order chi connectivity index (χ1) is 19.5. The van der Waals surface area contributed by atoms with Crippen molar-refractivity contribution < 1.29 is 33.8 Å². The summed E-state index contributed by atoms with van der Waals surface area (Å²) in [6.45, 7) is 5.20. The Kier molecular flexibility index (Phi) is 11.3. The van der Waals surface area contributed by atoms with Gasteiger partial charge in [-0.3, -0.25) is 24.0 Å². The summed E-state index contributed by atoms with van der Waals surface area (Å²) >= 11 is 0. The van der Waals surface area contributed by atoms with Crippen molar-refractivity contribution in [2.24, 2.45) is 0 Å². The number of carbonyl (C=O) groups is 5. The van der Waals surface area contributed by atoms with Crippen LogP contribution in [0.25, 0.3) is 0 Å². The highest BCUT2D eigenvalue weighted by Crippen LogP contribution is 2.23. The van der Waals surface area contributed by atoms with Gasteiger partial charge < -0.3 is 30.7 Å². The van der Waals surface area contributed by atoms with E-state index in [2.05, 4.69) is 16.0 Å². The number of aliphatic hydroxyl groups excluding tert-OH is 1. The number of hydrogen-bond acceptors (Lipinski definition) is 7. The first-order valence-corrected chi connectivity index (χ1v) is 14.6. The Labute approximate surface area is 241 Å². The van der Waals surface area contributed by atoms with Gasteiger partial charge in [0, 0.05) is 19.4 Å². The number of fused-ring (bicyclic) bond motifs is 1. The highest BCUT2D eigenvalue weighted by atomic mass is 16.5. The molecule has 2 heterocycles. The number of carbonyl (C=O) groups excluding carboxylic acids is 5. The summed E-state index contributed by atoms with van der Waals surface area (Å²) < 4.78 is 5.22. The van der Waals surface area contributed by atoms with Crippen LogP contribution in [0.4, 0.5) is 0 Å². The molecular formula is C30H44N4O7. The summed E-state index contributed by atoms with van der Waals surface area (Å²) in [5.74, 6) is -1.24. The Morgan fingerprint density at radius 2 is 1.78 bits per heavy atom. The number of nitrogens with zero attached hydrogens (tertiary/aromatic N) is 1. The Morgan fingerprint density at radius 1 is 1.07 bits per heavy atom. The second-order valence-corrected chi connectivity index (χ2v) is 11.2. The van der Waals surface area contributed by atoms with E-state index in [0.29, 0.717) is 50.8 Å². The topological polar surface area (TPSA) is 154 Å². The Bertz CT molecular complexity index is 1110. The number of ketones is 1. The molecule has 1 aromatic carbocycles. The second kappa shape index (κ2) is 14.4. The maximum atomic E-state index is 13.8. The fourth-order valence-electron chi connectivity index (χ4n) is 5.25. The molecule has 2 saturated heterocycles. The van der Waals surface area contributed by atoms with E-state index in [4.69, 9.17) is 4.74 Å². The van der Waals surface area contributed by atoms with Gasteiger partial charge in [0.15, 0.2) is 5.78 Å². The molecule has 2 fully saturated rings. The van der Waals surface area contributed by atoms with Gasteiger partial charge in [0.2, 0.25) is 23.6 Å². The van der Waals surface area contributed by atoms with Crippen molar-refractivity contribution in [3.8, 4) is 5.75 Å². The van der Waals surface area contributed by atoms with Crippen LogP contribution >= 0.6 is 0 Å². The molecule has 0 aromatic heterocycles. The molecule has 5 atom stereocenters. The molecule has 0 saturated carbocycles. The number of ether oxygens (including phenoxy) is 1. The zero-order valence-corrected chi connectivity index (χ0v) is 24.5. The van der Waals surface area contributed by atoms with E-state index < -0.39 is 47.5 Å². The molecule has 3 rings (SSSR count). The van der Waals surface area contributed by atoms with Crippen LogP contribution in [0.5, 0.6) is 5.75 Å². The smallest absolute Gasteiger partial charge is 0.246 e. The minimum absolute atomic E-state index is 0.216. The quantitative estimate of drug-likeness (QED) is 0.292. The van der Waals surface area contributed by atoms with Gasteiger partial charge in [0.05, 0.1) is 7.11 Å². The number of unbranched alkanes of at least 4 members (excludes halogenated alkanes) is 2. The number of hydrogen-bond donors (Lipinski definition) is 4. The van der Waals surface area contributed by atoms with E-state index in [1.807, 2.05) is 12.1 Å². The van der Waals surface area contributed by atoms with Crippen molar-refractivity contribution in [3.05, 3.63) is 29.8 Å². The largest absolute Gasteiger partial charge is 0.497 e. The lowest BCUT2D eigenvalue weighted by atomic mass is 9.94. The zero-order chi connectivity index (χ0) is 30.2. The van der Waals surface area contributed by atoms with Gasteiger partial charge in [0.1, 0.15) is 35.5 Å². The third-order valence-corrected chi connectivity index (χ3v) is 8.16. The van der Waals surface area contributed by atoms with Crippen molar-refractivity contribution in [1.29, 1.82) is 0 Å². The summed E-state index contributed by atoms with van der Waals surface area (Å²) in [6, 6.07) is 4.65. The fourth-order valence-corrected chi connectivity index (χ4v) is 5.25. The number of aliphatic hydroxyl groups is 1. The SMILES string of the molecule is CC[C@]1(C)NC(=O)[C@H](CCCCCC(=O)[C@@H](C)O)NC(=O)C2CCCN2C(=O)[C@H](Cc2ccc(OC)cc2)NC1=O. The molecule has 0 bridgehead atoms. The Hall–Kier alpha value is -3.47. The average Bonchev–Trinajstić information content (AvgIpc) is 3.45. The van der Waals surface area contributed by atoms with E-state index in [0.717, 1.165) is 5.56 Å². The first-order valence-electron chi connectivity index (χ1n) is 14.6. The van der Waals surface area contributed by atoms with Crippen LogP contribution in [0.2, 0.25) is 0 Å². The van der Waals surface area contributed by atoms with E-state index in [-0.39, 0.29) is 31.0 Å². The van der Waals surface area contributed by atoms with E-state index in [9.17, 15) is 29.1 Å². The molecule has 4 amide bonds. The standard InChI is InChI=1S/C30H44N4O7/c1-5-30(3)29(40)32-23(18-20-13-15-21(41-4)16-14-20)28(39)34-17-9-11-24(34)27(38)31-22(26(37)33-30)10-7-6-8-12-25(36)19(2)35/h13-16,19,22-24,35H,5-12,17-18H2,1-4H3,(H,31,38)(H,32,40)(H,33,37)/t19-,22+,23+,24?,30+/m1/s1. The third kappa shape index (κ3) is 8.28. The highest BCUT2D eigenvalue weighted by Gasteiger charge is 2.43. The van der Waals surface area contributed by atoms with Gasteiger partial charge in [-0.15, -0.1) is 0 Å². The lowest BCUT2D eigenvalue weighted by molar-refractivity contribution is -0.144. The maximum absolute atomic E-state index is 13.8. The number of rotatable bonds is 11. The summed E-state index contributed by atoms with van der Waals surface area (Å²) in [7, 11) is 1.57. The van der Waals surface area contributed by atoms with E-state index >= 15 is 0 Å². The molecule has 11 heteroatoms. The normalized spacial score (nSPS) is 26.2. The molecule has 0 radical (unpaired) electrons. The summed E-state index contributed by atoms with van der Waals surface area (Å²) in [5.41, 5.74) is -0.500. The number of benzene rings is 1. The van der Waals surface area contributed by atoms with Gasteiger partial charge in [-0.2, -0.15) is 0 Å². The highest BCUT2D eigenvalue weighted by molar-refractivity contribution is 5.99. The molecule has 41 heavy (non-hydrogen) atoms. The lowest BCUT2D eigenvalue weighted by Crippen LogP contribution is -2.65. The zero-order valence-electron chi connectivity index (χ0n) is 24.5. The molecule has 226 valence electrons.